The van der Waals surface area contributed by atoms with Crippen molar-refractivity contribution < 1.29 is 14.3 Å². The van der Waals surface area contributed by atoms with Gasteiger partial charge in [-0.3, -0.25) is 9.59 Å². The van der Waals surface area contributed by atoms with Gasteiger partial charge in [0.25, 0.3) is 0 Å². The highest BCUT2D eigenvalue weighted by molar-refractivity contribution is 5.95. The maximum Gasteiger partial charge on any atom is 0.227 e. The van der Waals surface area contributed by atoms with Crippen molar-refractivity contribution in [3.8, 4) is 5.75 Å². The van der Waals surface area contributed by atoms with E-state index in [1.165, 1.54) is 0 Å². The van der Waals surface area contributed by atoms with Crippen molar-refractivity contribution in [2.24, 2.45) is 11.8 Å². The standard InChI is InChI=1S/C21H24N2O3/c1-26-19-10-6-5-9-18(19)23-21(25)16-13-11-15(12-14-16)20(24)22-17-7-3-2-4-8-17/h2-10,15-16H,11-14H2,1H3,(H,22,24)(H,23,25). The van der Waals surface area contributed by atoms with Gasteiger partial charge in [0.15, 0.2) is 0 Å². The van der Waals surface area contributed by atoms with Gasteiger partial charge in [0.1, 0.15) is 5.75 Å². The van der Waals surface area contributed by atoms with Gasteiger partial charge in [-0.1, -0.05) is 30.3 Å². The van der Waals surface area contributed by atoms with Crippen LogP contribution in [0.2, 0.25) is 0 Å². The number of para-hydroxylation sites is 3. The van der Waals surface area contributed by atoms with Crippen molar-refractivity contribution in [2.75, 3.05) is 17.7 Å². The molecule has 0 saturated heterocycles. The Morgan fingerprint density at radius 3 is 1.96 bits per heavy atom. The Labute approximate surface area is 153 Å². The molecule has 1 fully saturated rings. The van der Waals surface area contributed by atoms with Gasteiger partial charge in [-0.15, -0.1) is 0 Å². The van der Waals surface area contributed by atoms with Crippen molar-refractivity contribution in [3.63, 3.8) is 0 Å². The van der Waals surface area contributed by atoms with E-state index >= 15 is 0 Å². The van der Waals surface area contributed by atoms with Gasteiger partial charge in [-0.05, 0) is 49.9 Å². The molecule has 2 aromatic rings. The van der Waals surface area contributed by atoms with E-state index in [2.05, 4.69) is 10.6 Å². The Bertz CT molecular complexity index is 753. The number of methoxy groups -OCH3 is 1. The van der Waals surface area contributed by atoms with Crippen molar-refractivity contribution in [1.29, 1.82) is 0 Å². The highest BCUT2D eigenvalue weighted by Crippen LogP contribution is 2.31. The second-order valence-electron chi connectivity index (χ2n) is 6.59. The summed E-state index contributed by atoms with van der Waals surface area (Å²) in [6.07, 6.45) is 2.88. The zero-order valence-corrected chi connectivity index (χ0v) is 14.9. The van der Waals surface area contributed by atoms with Crippen LogP contribution in [0.5, 0.6) is 5.75 Å². The van der Waals surface area contributed by atoms with Crippen LogP contribution in [0.4, 0.5) is 11.4 Å². The SMILES string of the molecule is COc1ccccc1NC(=O)C1CCC(C(=O)Nc2ccccc2)CC1. The predicted molar refractivity (Wildman–Crippen MR) is 102 cm³/mol. The highest BCUT2D eigenvalue weighted by atomic mass is 16.5. The quantitative estimate of drug-likeness (QED) is 0.852. The van der Waals surface area contributed by atoms with Crippen LogP contribution >= 0.6 is 0 Å². The molecule has 0 bridgehead atoms. The lowest BCUT2D eigenvalue weighted by Crippen LogP contribution is -2.32. The molecule has 0 aliphatic heterocycles. The molecule has 3 rings (SSSR count). The van der Waals surface area contributed by atoms with Crippen molar-refractivity contribution in [3.05, 3.63) is 54.6 Å². The number of rotatable bonds is 5. The molecule has 26 heavy (non-hydrogen) atoms. The van der Waals surface area contributed by atoms with Crippen molar-refractivity contribution >= 4 is 23.2 Å². The third kappa shape index (κ3) is 4.42. The first-order valence-corrected chi connectivity index (χ1v) is 8.97. The Balaban J connectivity index is 1.51. The van der Waals surface area contributed by atoms with Gasteiger partial charge < -0.3 is 15.4 Å². The molecule has 0 spiro atoms. The number of nitrogens with one attached hydrogen (secondary N) is 2. The molecule has 1 saturated carbocycles. The molecular formula is C21H24N2O3. The summed E-state index contributed by atoms with van der Waals surface area (Å²) < 4.78 is 5.27. The first kappa shape index (κ1) is 18.0. The summed E-state index contributed by atoms with van der Waals surface area (Å²) in [5, 5.41) is 5.91. The third-order valence-electron chi connectivity index (χ3n) is 4.87. The number of benzene rings is 2. The minimum absolute atomic E-state index is 0.00332. The average molecular weight is 352 g/mol. The highest BCUT2D eigenvalue weighted by Gasteiger charge is 2.30. The topological polar surface area (TPSA) is 67.4 Å². The lowest BCUT2D eigenvalue weighted by Gasteiger charge is -2.27. The number of hydrogen-bond donors (Lipinski definition) is 2. The van der Waals surface area contributed by atoms with E-state index in [0.29, 0.717) is 24.3 Å². The first-order chi connectivity index (χ1) is 12.7. The number of amides is 2. The van der Waals surface area contributed by atoms with E-state index in [1.54, 1.807) is 7.11 Å². The van der Waals surface area contributed by atoms with E-state index in [1.807, 2.05) is 54.6 Å². The lowest BCUT2D eigenvalue weighted by molar-refractivity contribution is -0.125. The summed E-state index contributed by atoms with van der Waals surface area (Å²) in [6, 6.07) is 16.9. The van der Waals surface area contributed by atoms with Crippen LogP contribution in [0.15, 0.2) is 54.6 Å². The maximum absolute atomic E-state index is 12.5. The minimum atomic E-state index is -0.0688. The number of ether oxygens (including phenoxy) is 1. The van der Waals surface area contributed by atoms with Crippen LogP contribution in [0, 0.1) is 11.8 Å². The van der Waals surface area contributed by atoms with Gasteiger partial charge in [-0.25, -0.2) is 0 Å². The van der Waals surface area contributed by atoms with Crippen molar-refractivity contribution in [2.45, 2.75) is 25.7 Å². The Hall–Kier alpha value is -2.82. The van der Waals surface area contributed by atoms with E-state index in [4.69, 9.17) is 4.74 Å². The molecule has 2 amide bonds. The molecule has 136 valence electrons. The second-order valence-corrected chi connectivity index (χ2v) is 6.59. The number of carbonyl (C=O) groups is 2. The van der Waals surface area contributed by atoms with E-state index in [9.17, 15) is 9.59 Å². The maximum atomic E-state index is 12.5. The molecule has 0 unspecified atom stereocenters. The number of hydrogen-bond acceptors (Lipinski definition) is 3. The fraction of sp³-hybridized carbons (Fsp3) is 0.333. The summed E-state index contributed by atoms with van der Waals surface area (Å²) in [5.74, 6) is 0.583. The molecule has 1 aliphatic rings. The normalized spacial score (nSPS) is 19.4. The fourth-order valence-electron chi connectivity index (χ4n) is 3.37. The summed E-state index contributed by atoms with van der Waals surface area (Å²) >= 11 is 0. The Morgan fingerprint density at radius 2 is 1.35 bits per heavy atom. The van der Waals surface area contributed by atoms with Gasteiger partial charge in [0.05, 0.1) is 12.8 Å². The van der Waals surface area contributed by atoms with Gasteiger partial charge in [0, 0.05) is 17.5 Å². The second kappa shape index (κ2) is 8.52. The van der Waals surface area contributed by atoms with Crippen LogP contribution in [0.25, 0.3) is 0 Å². The third-order valence-corrected chi connectivity index (χ3v) is 4.87. The largest absolute Gasteiger partial charge is 0.495 e. The zero-order chi connectivity index (χ0) is 18.4. The van der Waals surface area contributed by atoms with Crippen LogP contribution in [0.3, 0.4) is 0 Å². The predicted octanol–water partition coefficient (Wildman–Crippen LogP) is 4.08. The average Bonchev–Trinajstić information content (AvgIpc) is 2.69. The smallest absolute Gasteiger partial charge is 0.227 e. The van der Waals surface area contributed by atoms with Gasteiger partial charge in [-0.2, -0.15) is 0 Å². The van der Waals surface area contributed by atoms with Crippen LogP contribution in [-0.2, 0) is 9.59 Å². The van der Waals surface area contributed by atoms with Crippen LogP contribution in [-0.4, -0.2) is 18.9 Å². The summed E-state index contributed by atoms with van der Waals surface area (Å²) in [4.78, 5) is 24.9. The first-order valence-electron chi connectivity index (χ1n) is 8.97. The molecule has 5 heteroatoms. The number of anilines is 2. The van der Waals surface area contributed by atoms with Crippen LogP contribution < -0.4 is 15.4 Å². The summed E-state index contributed by atoms with van der Waals surface area (Å²) in [5.41, 5.74) is 1.50. The molecule has 0 atom stereocenters. The Morgan fingerprint density at radius 1 is 0.808 bits per heavy atom. The van der Waals surface area contributed by atoms with E-state index in [0.717, 1.165) is 18.5 Å². The van der Waals surface area contributed by atoms with Crippen LogP contribution in [0.1, 0.15) is 25.7 Å². The van der Waals surface area contributed by atoms with E-state index < -0.39 is 0 Å². The molecule has 1 aliphatic carbocycles. The molecule has 0 heterocycles. The zero-order valence-electron chi connectivity index (χ0n) is 14.9. The summed E-state index contributed by atoms with van der Waals surface area (Å²) in [7, 11) is 1.58. The minimum Gasteiger partial charge on any atom is -0.495 e. The Kier molecular flexibility index (Phi) is 5.89. The molecular weight excluding hydrogens is 328 g/mol. The molecule has 2 N–H and O–H groups in total. The van der Waals surface area contributed by atoms with E-state index in [-0.39, 0.29) is 23.7 Å². The molecule has 5 nitrogen and oxygen atoms in total. The monoisotopic (exact) mass is 352 g/mol. The molecule has 0 radical (unpaired) electrons. The fourth-order valence-corrected chi connectivity index (χ4v) is 3.37. The van der Waals surface area contributed by atoms with Gasteiger partial charge >= 0.3 is 0 Å². The number of carbonyl (C=O) groups excluding carboxylic acids is 2. The molecule has 2 aromatic carbocycles. The molecule has 0 aromatic heterocycles. The van der Waals surface area contributed by atoms with Gasteiger partial charge in [0.2, 0.25) is 11.8 Å². The van der Waals surface area contributed by atoms with Crippen molar-refractivity contribution in [1.82, 2.24) is 0 Å². The summed E-state index contributed by atoms with van der Waals surface area (Å²) in [6.45, 7) is 0. The lowest BCUT2D eigenvalue weighted by atomic mass is 9.81.